The molecule has 0 fully saturated rings. The Morgan fingerprint density at radius 1 is 1.00 bits per heavy atom. The molecule has 0 aliphatic rings. The van der Waals surface area contributed by atoms with E-state index >= 15 is 0 Å². The minimum Gasteiger partial charge on any atom is -0.466 e. The smallest absolute Gasteiger partial charge is 0.315 e. The van der Waals surface area contributed by atoms with Crippen molar-refractivity contribution in [3.05, 3.63) is 0 Å². The molecule has 0 heterocycles. The van der Waals surface area contributed by atoms with Gasteiger partial charge in [0.1, 0.15) is 6.42 Å². The lowest BCUT2D eigenvalue weighted by Crippen LogP contribution is -2.47. The van der Waals surface area contributed by atoms with Gasteiger partial charge in [-0.3, -0.25) is 14.4 Å². The number of hydrogen-bond acceptors (Lipinski definition) is 5. The molecule has 0 rings (SSSR count). The predicted molar refractivity (Wildman–Crippen MR) is 69.3 cm³/mol. The summed E-state index contributed by atoms with van der Waals surface area (Å²) in [6.07, 6.45) is -0.248. The summed E-state index contributed by atoms with van der Waals surface area (Å²) in [4.78, 5) is 36.0. The molecule has 0 radical (unpaired) electrons. The zero-order valence-electron chi connectivity index (χ0n) is 12.3. The second kappa shape index (κ2) is 7.76. The highest BCUT2D eigenvalue weighted by Crippen LogP contribution is 2.19. The third-order valence-electron chi connectivity index (χ3n) is 2.77. The molecule has 0 aliphatic heterocycles. The number of carbonyl (C=O) groups is 3. The fourth-order valence-electron chi connectivity index (χ4n) is 1.48. The van der Waals surface area contributed by atoms with E-state index in [1.54, 1.807) is 34.7 Å². The number of ether oxygens (including phenoxy) is 2. The number of hydrogen-bond donors (Lipinski definition) is 0. The average molecular weight is 273 g/mol. The molecular formula is C13H23NO5. The third-order valence-corrected chi connectivity index (χ3v) is 2.77. The van der Waals surface area contributed by atoms with E-state index in [2.05, 4.69) is 0 Å². The zero-order valence-corrected chi connectivity index (χ0v) is 12.3. The number of nitrogens with zero attached hydrogens (tertiary/aromatic N) is 1. The summed E-state index contributed by atoms with van der Waals surface area (Å²) in [6, 6.07) is 0. The fourth-order valence-corrected chi connectivity index (χ4v) is 1.48. The van der Waals surface area contributed by atoms with E-state index < -0.39 is 11.5 Å². The Balaban J connectivity index is 4.51. The molecule has 19 heavy (non-hydrogen) atoms. The SMILES string of the molecule is CCOC(=O)CC(=O)N(C)C(C)(C)CC(=O)OCC. The molecule has 0 aliphatic carbocycles. The summed E-state index contributed by atoms with van der Waals surface area (Å²) in [5.41, 5.74) is -0.712. The second-order valence-electron chi connectivity index (χ2n) is 4.73. The van der Waals surface area contributed by atoms with Gasteiger partial charge < -0.3 is 14.4 Å². The molecule has 0 N–H and O–H groups in total. The van der Waals surface area contributed by atoms with Crippen LogP contribution in [0.3, 0.4) is 0 Å². The van der Waals surface area contributed by atoms with E-state index in [1.165, 1.54) is 4.90 Å². The van der Waals surface area contributed by atoms with Crippen LogP contribution in [0.15, 0.2) is 0 Å². The Morgan fingerprint density at radius 3 is 1.95 bits per heavy atom. The van der Waals surface area contributed by atoms with Crippen molar-refractivity contribution >= 4 is 17.8 Å². The Morgan fingerprint density at radius 2 is 1.47 bits per heavy atom. The summed E-state index contributed by atoms with van der Waals surface area (Å²) in [7, 11) is 1.56. The lowest BCUT2D eigenvalue weighted by molar-refractivity contribution is -0.151. The van der Waals surface area contributed by atoms with Crippen molar-refractivity contribution in [2.24, 2.45) is 0 Å². The van der Waals surface area contributed by atoms with Gasteiger partial charge in [-0.25, -0.2) is 0 Å². The summed E-state index contributed by atoms with van der Waals surface area (Å²) in [5, 5.41) is 0. The van der Waals surface area contributed by atoms with Crippen molar-refractivity contribution in [1.29, 1.82) is 0 Å². The quantitative estimate of drug-likeness (QED) is 0.513. The molecule has 0 aromatic carbocycles. The van der Waals surface area contributed by atoms with E-state index in [1.807, 2.05) is 0 Å². The summed E-state index contributed by atoms with van der Waals surface area (Å²) >= 11 is 0. The van der Waals surface area contributed by atoms with Crippen molar-refractivity contribution in [3.8, 4) is 0 Å². The van der Waals surface area contributed by atoms with Crippen LogP contribution in [0.2, 0.25) is 0 Å². The second-order valence-corrected chi connectivity index (χ2v) is 4.73. The first-order valence-corrected chi connectivity index (χ1v) is 6.32. The van der Waals surface area contributed by atoms with Gasteiger partial charge >= 0.3 is 11.9 Å². The largest absolute Gasteiger partial charge is 0.466 e. The van der Waals surface area contributed by atoms with Gasteiger partial charge in [-0.2, -0.15) is 0 Å². The maximum absolute atomic E-state index is 11.9. The normalized spacial score (nSPS) is 10.8. The Labute approximate surface area is 114 Å². The van der Waals surface area contributed by atoms with Crippen LogP contribution in [0.1, 0.15) is 40.5 Å². The highest BCUT2D eigenvalue weighted by molar-refractivity contribution is 5.94. The van der Waals surface area contributed by atoms with Gasteiger partial charge in [-0.05, 0) is 27.7 Å². The molecule has 0 bridgehead atoms. The maximum Gasteiger partial charge on any atom is 0.315 e. The van der Waals surface area contributed by atoms with Gasteiger partial charge in [0.2, 0.25) is 5.91 Å². The van der Waals surface area contributed by atoms with E-state index in [9.17, 15) is 14.4 Å². The number of esters is 2. The molecule has 0 aromatic rings. The monoisotopic (exact) mass is 273 g/mol. The lowest BCUT2D eigenvalue weighted by Gasteiger charge is -2.34. The molecule has 0 saturated heterocycles. The summed E-state index contributed by atoms with van der Waals surface area (Å²) in [6.45, 7) is 7.43. The predicted octanol–water partition coefficient (Wildman–Crippen LogP) is 1.13. The molecule has 0 atom stereocenters. The van der Waals surface area contributed by atoms with Crippen molar-refractivity contribution in [2.45, 2.75) is 46.1 Å². The molecule has 110 valence electrons. The first-order chi connectivity index (χ1) is 8.74. The van der Waals surface area contributed by atoms with Gasteiger partial charge in [-0.15, -0.1) is 0 Å². The maximum atomic E-state index is 11.9. The fraction of sp³-hybridized carbons (Fsp3) is 0.769. The van der Waals surface area contributed by atoms with Crippen LogP contribution in [0.4, 0.5) is 0 Å². The molecule has 6 nitrogen and oxygen atoms in total. The van der Waals surface area contributed by atoms with Crippen LogP contribution >= 0.6 is 0 Å². The van der Waals surface area contributed by atoms with E-state index in [4.69, 9.17) is 9.47 Å². The topological polar surface area (TPSA) is 72.9 Å². The summed E-state index contributed by atoms with van der Waals surface area (Å²) < 4.78 is 9.58. The minimum atomic E-state index is -0.712. The lowest BCUT2D eigenvalue weighted by atomic mass is 9.98. The van der Waals surface area contributed by atoms with Crippen LogP contribution < -0.4 is 0 Å². The van der Waals surface area contributed by atoms with Crippen molar-refractivity contribution in [1.82, 2.24) is 4.90 Å². The summed E-state index contributed by atoms with van der Waals surface area (Å²) in [5.74, 6) is -1.32. The average Bonchev–Trinajstić information content (AvgIpc) is 2.27. The van der Waals surface area contributed by atoms with Gasteiger partial charge in [-0.1, -0.05) is 0 Å². The van der Waals surface area contributed by atoms with Crippen LogP contribution in [-0.2, 0) is 23.9 Å². The molecule has 0 unspecified atom stereocenters. The highest BCUT2D eigenvalue weighted by atomic mass is 16.5. The Bertz CT molecular complexity index is 338. The minimum absolute atomic E-state index is 0.0753. The van der Waals surface area contributed by atoms with Crippen molar-refractivity contribution < 1.29 is 23.9 Å². The van der Waals surface area contributed by atoms with Crippen LogP contribution in [0.25, 0.3) is 0 Å². The molecule has 0 spiro atoms. The first-order valence-electron chi connectivity index (χ1n) is 6.32. The molecule has 0 saturated carbocycles. The first kappa shape index (κ1) is 17.4. The van der Waals surface area contributed by atoms with Gasteiger partial charge in [0.25, 0.3) is 0 Å². The molecular weight excluding hydrogens is 250 g/mol. The highest BCUT2D eigenvalue weighted by Gasteiger charge is 2.31. The van der Waals surface area contributed by atoms with Crippen LogP contribution in [0, 0.1) is 0 Å². The van der Waals surface area contributed by atoms with Crippen LogP contribution in [-0.4, -0.2) is 48.5 Å². The number of rotatable bonds is 7. The number of carbonyl (C=O) groups excluding carboxylic acids is 3. The zero-order chi connectivity index (χ0) is 15.1. The van der Waals surface area contributed by atoms with Crippen LogP contribution in [0.5, 0.6) is 0 Å². The van der Waals surface area contributed by atoms with Gasteiger partial charge in [0.05, 0.1) is 19.6 Å². The molecule has 1 amide bonds. The molecule has 0 aromatic heterocycles. The van der Waals surface area contributed by atoms with Crippen molar-refractivity contribution in [3.63, 3.8) is 0 Å². The molecule has 6 heteroatoms. The Kier molecular flexibility index (Phi) is 7.11. The van der Waals surface area contributed by atoms with E-state index in [0.717, 1.165) is 0 Å². The third kappa shape index (κ3) is 6.22. The van der Waals surface area contributed by atoms with Gasteiger partial charge in [0.15, 0.2) is 0 Å². The van der Waals surface area contributed by atoms with Crippen molar-refractivity contribution in [2.75, 3.05) is 20.3 Å². The number of amides is 1. The Hall–Kier alpha value is -1.59. The van der Waals surface area contributed by atoms with E-state index in [0.29, 0.717) is 6.61 Å². The van der Waals surface area contributed by atoms with Gasteiger partial charge in [0, 0.05) is 12.6 Å². The standard InChI is InChI=1S/C13H23NO5/c1-6-18-11(16)8-10(15)14(5)13(3,4)9-12(17)19-7-2/h6-9H2,1-5H3. The van der Waals surface area contributed by atoms with E-state index in [-0.39, 0.29) is 31.3 Å².